The van der Waals surface area contributed by atoms with E-state index in [9.17, 15) is 9.59 Å². The summed E-state index contributed by atoms with van der Waals surface area (Å²) >= 11 is 6.07. The first kappa shape index (κ1) is 17.8. The molecule has 1 aromatic carbocycles. The van der Waals surface area contributed by atoms with E-state index in [1.807, 2.05) is 27.1 Å². The van der Waals surface area contributed by atoms with Crippen molar-refractivity contribution in [2.45, 2.75) is 26.2 Å². The minimum Gasteiger partial charge on any atom is -0.355 e. The average Bonchev–Trinajstić information content (AvgIpc) is 3.29. The zero-order valence-electron chi connectivity index (χ0n) is 13.9. The summed E-state index contributed by atoms with van der Waals surface area (Å²) in [6.07, 6.45) is 2.06. The topological polar surface area (TPSA) is 61.4 Å². The summed E-state index contributed by atoms with van der Waals surface area (Å²) in [6.45, 7) is 3.39. The fraction of sp³-hybridized carbons (Fsp3) is 0.529. The van der Waals surface area contributed by atoms with Crippen LogP contribution >= 0.6 is 11.6 Å². The minimum atomic E-state index is -0.907. The van der Waals surface area contributed by atoms with Crippen LogP contribution in [0.2, 0.25) is 5.02 Å². The highest BCUT2D eigenvalue weighted by atomic mass is 35.5. The van der Waals surface area contributed by atoms with Gasteiger partial charge in [0.2, 0.25) is 11.8 Å². The fourth-order valence-electron chi connectivity index (χ4n) is 2.37. The molecule has 6 heteroatoms. The first-order valence-electron chi connectivity index (χ1n) is 7.86. The normalized spacial score (nSPS) is 15.3. The number of carbonyl (C=O) groups excluding carboxylic acids is 2. The monoisotopic (exact) mass is 337 g/mol. The number of benzene rings is 1. The molecule has 0 aliphatic heterocycles. The number of amides is 2. The molecule has 1 aliphatic carbocycles. The van der Waals surface area contributed by atoms with Crippen molar-refractivity contribution in [3.8, 4) is 0 Å². The van der Waals surface area contributed by atoms with E-state index in [0.717, 1.165) is 18.5 Å². The molecular weight excluding hydrogens is 314 g/mol. The van der Waals surface area contributed by atoms with Crippen LogP contribution in [0.25, 0.3) is 0 Å². The van der Waals surface area contributed by atoms with Crippen LogP contribution in [0.15, 0.2) is 18.2 Å². The van der Waals surface area contributed by atoms with Gasteiger partial charge in [0.1, 0.15) is 5.41 Å². The molecule has 23 heavy (non-hydrogen) atoms. The highest BCUT2D eigenvalue weighted by molar-refractivity contribution is 6.31. The first-order valence-corrected chi connectivity index (χ1v) is 8.23. The lowest BCUT2D eigenvalue weighted by Crippen LogP contribution is -2.40. The number of nitrogens with zero attached hydrogens (tertiary/aromatic N) is 1. The highest BCUT2D eigenvalue weighted by Gasteiger charge is 2.56. The molecule has 0 saturated heterocycles. The molecule has 1 saturated carbocycles. The largest absolute Gasteiger partial charge is 0.355 e. The van der Waals surface area contributed by atoms with Crippen LogP contribution in [0.1, 0.15) is 24.8 Å². The number of nitrogens with one attached hydrogen (secondary N) is 2. The van der Waals surface area contributed by atoms with E-state index >= 15 is 0 Å². The van der Waals surface area contributed by atoms with Gasteiger partial charge in [-0.05, 0) is 64.5 Å². The van der Waals surface area contributed by atoms with Gasteiger partial charge in [0, 0.05) is 17.3 Å². The average molecular weight is 338 g/mol. The van der Waals surface area contributed by atoms with Gasteiger partial charge in [-0.3, -0.25) is 9.59 Å². The fourth-order valence-corrected chi connectivity index (χ4v) is 2.55. The van der Waals surface area contributed by atoms with Gasteiger partial charge in [0.05, 0.1) is 0 Å². The van der Waals surface area contributed by atoms with Gasteiger partial charge in [-0.1, -0.05) is 17.7 Å². The number of rotatable bonds is 7. The molecule has 2 N–H and O–H groups in total. The third-order valence-corrected chi connectivity index (χ3v) is 4.52. The predicted molar refractivity (Wildman–Crippen MR) is 92.7 cm³/mol. The SMILES string of the molecule is Cc1ccc(NC(=O)C2(C(=O)NCCCN(C)C)CC2)cc1Cl. The Morgan fingerprint density at radius 3 is 2.52 bits per heavy atom. The maximum Gasteiger partial charge on any atom is 0.240 e. The molecule has 0 spiro atoms. The van der Waals surface area contributed by atoms with Crippen LogP contribution in [-0.2, 0) is 9.59 Å². The van der Waals surface area contributed by atoms with Crippen molar-refractivity contribution in [2.24, 2.45) is 5.41 Å². The lowest BCUT2D eigenvalue weighted by molar-refractivity contribution is -0.134. The minimum absolute atomic E-state index is 0.174. The molecule has 2 amide bonds. The summed E-state index contributed by atoms with van der Waals surface area (Å²) < 4.78 is 0. The van der Waals surface area contributed by atoms with Gasteiger partial charge in [-0.15, -0.1) is 0 Å². The van der Waals surface area contributed by atoms with Gasteiger partial charge in [0.25, 0.3) is 0 Å². The van der Waals surface area contributed by atoms with Crippen LogP contribution in [0.3, 0.4) is 0 Å². The van der Waals surface area contributed by atoms with Crippen molar-refractivity contribution in [3.63, 3.8) is 0 Å². The molecule has 0 unspecified atom stereocenters. The van der Waals surface area contributed by atoms with Crippen LogP contribution in [-0.4, -0.2) is 43.9 Å². The molecule has 0 radical (unpaired) electrons. The lowest BCUT2D eigenvalue weighted by Gasteiger charge is -2.16. The van der Waals surface area contributed by atoms with Crippen LogP contribution in [0.4, 0.5) is 5.69 Å². The molecule has 126 valence electrons. The van der Waals surface area contributed by atoms with E-state index in [2.05, 4.69) is 15.5 Å². The van der Waals surface area contributed by atoms with Crippen molar-refractivity contribution >= 4 is 29.1 Å². The summed E-state index contributed by atoms with van der Waals surface area (Å²) in [7, 11) is 3.98. The number of hydrogen-bond acceptors (Lipinski definition) is 3. The Bertz CT molecular complexity index is 598. The Morgan fingerprint density at radius 2 is 1.96 bits per heavy atom. The third-order valence-electron chi connectivity index (χ3n) is 4.12. The number of anilines is 1. The van der Waals surface area contributed by atoms with Gasteiger partial charge < -0.3 is 15.5 Å². The maximum atomic E-state index is 12.5. The Balaban J connectivity index is 1.90. The Morgan fingerprint density at radius 1 is 1.26 bits per heavy atom. The summed E-state index contributed by atoms with van der Waals surface area (Å²) in [5.41, 5.74) is 0.664. The maximum absolute atomic E-state index is 12.5. The zero-order valence-corrected chi connectivity index (χ0v) is 14.7. The van der Waals surface area contributed by atoms with E-state index in [1.165, 1.54) is 0 Å². The van der Waals surface area contributed by atoms with Gasteiger partial charge >= 0.3 is 0 Å². The second-order valence-corrected chi connectivity index (χ2v) is 6.82. The molecule has 1 fully saturated rings. The molecule has 1 aromatic rings. The van der Waals surface area contributed by atoms with Gasteiger partial charge in [0.15, 0.2) is 0 Å². The second kappa shape index (κ2) is 7.32. The van der Waals surface area contributed by atoms with E-state index in [-0.39, 0.29) is 11.8 Å². The summed E-state index contributed by atoms with van der Waals surface area (Å²) in [6, 6.07) is 5.35. The van der Waals surface area contributed by atoms with Crippen LogP contribution in [0, 0.1) is 12.3 Å². The second-order valence-electron chi connectivity index (χ2n) is 6.41. The van der Waals surface area contributed by atoms with Crippen molar-refractivity contribution in [1.29, 1.82) is 0 Å². The van der Waals surface area contributed by atoms with Crippen LogP contribution in [0.5, 0.6) is 0 Å². The molecule has 1 aliphatic rings. The Hall–Kier alpha value is -1.59. The number of aryl methyl sites for hydroxylation is 1. The molecule has 0 aromatic heterocycles. The Kier molecular flexibility index (Phi) is 5.65. The van der Waals surface area contributed by atoms with E-state index < -0.39 is 5.41 Å². The molecule has 0 heterocycles. The standard InChI is InChI=1S/C17H24ClN3O2/c1-12-5-6-13(11-14(12)18)20-16(23)17(7-8-17)15(22)19-9-4-10-21(2)3/h5-6,11H,4,7-10H2,1-3H3,(H,19,22)(H,20,23). The summed E-state index contributed by atoms with van der Waals surface area (Å²) in [5.74, 6) is -0.422. The molecule has 0 atom stereocenters. The van der Waals surface area contributed by atoms with Crippen molar-refractivity contribution in [1.82, 2.24) is 10.2 Å². The molecule has 2 rings (SSSR count). The first-order chi connectivity index (χ1) is 10.8. The molecule has 0 bridgehead atoms. The highest BCUT2D eigenvalue weighted by Crippen LogP contribution is 2.46. The van der Waals surface area contributed by atoms with Crippen LogP contribution < -0.4 is 10.6 Å². The zero-order chi connectivity index (χ0) is 17.0. The van der Waals surface area contributed by atoms with Crippen molar-refractivity contribution in [3.05, 3.63) is 28.8 Å². The molecular formula is C17H24ClN3O2. The predicted octanol–water partition coefficient (Wildman–Crippen LogP) is 2.44. The number of hydrogen-bond donors (Lipinski definition) is 2. The van der Waals surface area contributed by atoms with E-state index in [1.54, 1.807) is 12.1 Å². The number of carbonyl (C=O) groups is 2. The van der Waals surface area contributed by atoms with Gasteiger partial charge in [-0.2, -0.15) is 0 Å². The molecule has 5 nitrogen and oxygen atoms in total. The van der Waals surface area contributed by atoms with Gasteiger partial charge in [-0.25, -0.2) is 0 Å². The Labute approximate surface area is 142 Å². The van der Waals surface area contributed by atoms with E-state index in [0.29, 0.717) is 30.1 Å². The number of halogens is 1. The van der Waals surface area contributed by atoms with Crippen molar-refractivity contribution in [2.75, 3.05) is 32.5 Å². The third kappa shape index (κ3) is 4.45. The quantitative estimate of drug-likeness (QED) is 0.593. The lowest BCUT2D eigenvalue weighted by atomic mass is 10.0. The van der Waals surface area contributed by atoms with Crippen molar-refractivity contribution < 1.29 is 9.59 Å². The summed E-state index contributed by atoms with van der Waals surface area (Å²) in [5, 5.41) is 6.28. The van der Waals surface area contributed by atoms with E-state index in [4.69, 9.17) is 11.6 Å². The smallest absolute Gasteiger partial charge is 0.240 e. The summed E-state index contributed by atoms with van der Waals surface area (Å²) in [4.78, 5) is 26.8.